The fourth-order valence-corrected chi connectivity index (χ4v) is 1.23. The molecule has 1 aromatic rings. The van der Waals surface area contributed by atoms with Gasteiger partial charge in [0, 0.05) is 37.7 Å². The summed E-state index contributed by atoms with van der Waals surface area (Å²) >= 11 is 0. The molecule has 0 N–H and O–H groups in total. The van der Waals surface area contributed by atoms with E-state index in [1.165, 1.54) is 11.1 Å². The molecule has 0 aliphatic rings. The SMILES string of the molecule is C=C(C)c1ccccc1C(=C)C.[Li].[Li]. The van der Waals surface area contributed by atoms with Crippen LogP contribution >= 0.6 is 0 Å². The molecule has 0 heterocycles. The van der Waals surface area contributed by atoms with Gasteiger partial charge in [-0.1, -0.05) is 48.6 Å². The summed E-state index contributed by atoms with van der Waals surface area (Å²) in [6.07, 6.45) is 0. The molecule has 0 spiro atoms. The first-order valence-corrected chi connectivity index (χ1v) is 4.03. The topological polar surface area (TPSA) is 0 Å². The molecule has 0 nitrogen and oxygen atoms in total. The first-order valence-electron chi connectivity index (χ1n) is 4.03. The Bertz CT molecular complexity index is 294. The number of hydrogen-bond donors (Lipinski definition) is 0. The second-order valence-electron chi connectivity index (χ2n) is 3.11. The van der Waals surface area contributed by atoms with Crippen LogP contribution in [0.5, 0.6) is 0 Å². The zero-order chi connectivity index (χ0) is 9.14. The van der Waals surface area contributed by atoms with E-state index in [0.29, 0.717) is 0 Å². The van der Waals surface area contributed by atoms with Crippen molar-refractivity contribution in [2.45, 2.75) is 13.8 Å². The van der Waals surface area contributed by atoms with Gasteiger partial charge in [0.05, 0.1) is 0 Å². The predicted molar refractivity (Wildman–Crippen MR) is 67.4 cm³/mol. The number of hydrogen-bond acceptors (Lipinski definition) is 0. The van der Waals surface area contributed by atoms with Gasteiger partial charge in [0.15, 0.2) is 0 Å². The maximum Gasteiger partial charge on any atom is 0 e. The van der Waals surface area contributed by atoms with Gasteiger partial charge in [-0.2, -0.15) is 0 Å². The monoisotopic (exact) mass is 172 g/mol. The van der Waals surface area contributed by atoms with E-state index in [2.05, 4.69) is 25.3 Å². The van der Waals surface area contributed by atoms with Crippen LogP contribution in [0, 0.1) is 0 Å². The Morgan fingerprint density at radius 3 is 1.36 bits per heavy atom. The largest absolute Gasteiger partial charge is 0.0955 e. The Kier molecular flexibility index (Phi) is 8.42. The van der Waals surface area contributed by atoms with Gasteiger partial charge < -0.3 is 0 Å². The van der Waals surface area contributed by atoms with Crippen LogP contribution in [-0.2, 0) is 0 Å². The van der Waals surface area contributed by atoms with Crippen molar-refractivity contribution in [3.8, 4) is 0 Å². The minimum atomic E-state index is 0. The van der Waals surface area contributed by atoms with E-state index in [1.54, 1.807) is 0 Å². The van der Waals surface area contributed by atoms with Crippen molar-refractivity contribution in [1.82, 2.24) is 0 Å². The molecule has 1 aromatic carbocycles. The van der Waals surface area contributed by atoms with Gasteiger partial charge in [0.1, 0.15) is 0 Å². The van der Waals surface area contributed by atoms with Crippen molar-refractivity contribution in [3.05, 3.63) is 48.6 Å². The summed E-state index contributed by atoms with van der Waals surface area (Å²) in [6.45, 7) is 11.9. The average molecular weight is 172 g/mol. The molecule has 0 amide bonds. The maximum absolute atomic E-state index is 3.93. The van der Waals surface area contributed by atoms with Gasteiger partial charge in [0.2, 0.25) is 0 Å². The third-order valence-electron chi connectivity index (χ3n) is 1.85. The van der Waals surface area contributed by atoms with Crippen LogP contribution in [0.1, 0.15) is 25.0 Å². The van der Waals surface area contributed by atoms with Crippen LogP contribution in [0.25, 0.3) is 11.1 Å². The second-order valence-corrected chi connectivity index (χ2v) is 3.11. The van der Waals surface area contributed by atoms with Crippen LogP contribution < -0.4 is 0 Å². The number of benzene rings is 1. The van der Waals surface area contributed by atoms with Gasteiger partial charge in [0.25, 0.3) is 0 Å². The summed E-state index contributed by atoms with van der Waals surface area (Å²) in [6, 6.07) is 8.20. The van der Waals surface area contributed by atoms with E-state index in [1.807, 2.05) is 26.0 Å². The van der Waals surface area contributed by atoms with Crippen LogP contribution in [0.2, 0.25) is 0 Å². The van der Waals surface area contributed by atoms with E-state index in [9.17, 15) is 0 Å². The Labute approximate surface area is 111 Å². The van der Waals surface area contributed by atoms with E-state index >= 15 is 0 Å². The van der Waals surface area contributed by atoms with Crippen molar-refractivity contribution >= 4 is 48.9 Å². The molecule has 0 aliphatic carbocycles. The standard InChI is InChI=1S/C12H14.2Li/c1-9(2)11-7-5-6-8-12(11)10(3)4;;/h5-8H,1,3H2,2,4H3;;. The fraction of sp³-hybridized carbons (Fsp3) is 0.167. The Morgan fingerprint density at radius 1 is 0.857 bits per heavy atom. The van der Waals surface area contributed by atoms with E-state index in [4.69, 9.17) is 0 Å². The second kappa shape index (κ2) is 7.22. The molecule has 0 aromatic heterocycles. The molecule has 64 valence electrons. The molecule has 14 heavy (non-hydrogen) atoms. The van der Waals surface area contributed by atoms with Gasteiger partial charge in [-0.3, -0.25) is 0 Å². The molecule has 0 aliphatic heterocycles. The molecule has 0 saturated heterocycles. The summed E-state index contributed by atoms with van der Waals surface area (Å²) in [5.41, 5.74) is 4.58. The summed E-state index contributed by atoms with van der Waals surface area (Å²) < 4.78 is 0. The third kappa shape index (κ3) is 3.95. The molecular formula is C12H14Li2. The fourth-order valence-electron chi connectivity index (χ4n) is 1.23. The van der Waals surface area contributed by atoms with Crippen molar-refractivity contribution in [2.24, 2.45) is 0 Å². The third-order valence-corrected chi connectivity index (χ3v) is 1.85. The molecule has 2 heteroatoms. The summed E-state index contributed by atoms with van der Waals surface area (Å²) in [7, 11) is 0. The van der Waals surface area contributed by atoms with Crippen molar-refractivity contribution in [1.29, 1.82) is 0 Å². The maximum atomic E-state index is 3.93. The zero-order valence-corrected chi connectivity index (χ0v) is 9.72. The van der Waals surface area contributed by atoms with E-state index in [0.717, 1.165) is 11.1 Å². The Morgan fingerprint density at radius 2 is 1.14 bits per heavy atom. The Balaban J connectivity index is 0. The zero-order valence-electron chi connectivity index (χ0n) is 9.72. The Hall–Kier alpha value is -0.105. The van der Waals surface area contributed by atoms with E-state index < -0.39 is 0 Å². The van der Waals surface area contributed by atoms with Gasteiger partial charge >= 0.3 is 0 Å². The van der Waals surface area contributed by atoms with Crippen molar-refractivity contribution < 1.29 is 0 Å². The minimum absolute atomic E-state index is 0. The molecule has 0 bridgehead atoms. The quantitative estimate of drug-likeness (QED) is 0.601. The summed E-state index contributed by atoms with van der Waals surface area (Å²) in [5, 5.41) is 0. The normalized spacial score (nSPS) is 8.14. The van der Waals surface area contributed by atoms with Gasteiger partial charge in [-0.25, -0.2) is 0 Å². The summed E-state index contributed by atoms with van der Waals surface area (Å²) in [5.74, 6) is 0. The average Bonchev–Trinajstić information content (AvgIpc) is 2.04. The first-order chi connectivity index (χ1) is 5.63. The van der Waals surface area contributed by atoms with Gasteiger partial charge in [-0.15, -0.1) is 0 Å². The van der Waals surface area contributed by atoms with Crippen molar-refractivity contribution in [3.63, 3.8) is 0 Å². The van der Waals surface area contributed by atoms with Crippen LogP contribution in [0.3, 0.4) is 0 Å². The molecular weight excluding hydrogens is 158 g/mol. The van der Waals surface area contributed by atoms with Crippen molar-refractivity contribution in [2.75, 3.05) is 0 Å². The number of rotatable bonds is 2. The van der Waals surface area contributed by atoms with E-state index in [-0.39, 0.29) is 37.7 Å². The molecule has 0 unspecified atom stereocenters. The smallest absolute Gasteiger partial charge is 0 e. The van der Waals surface area contributed by atoms with Crippen LogP contribution in [0.15, 0.2) is 37.4 Å². The molecule has 2 radical (unpaired) electrons. The molecule has 0 saturated carbocycles. The number of allylic oxidation sites excluding steroid dienone is 2. The minimum Gasteiger partial charge on any atom is -0.0955 e. The van der Waals surface area contributed by atoms with Crippen LogP contribution in [-0.4, -0.2) is 37.7 Å². The molecule has 0 atom stereocenters. The molecule has 1 rings (SSSR count). The first kappa shape index (κ1) is 16.3. The molecule has 0 fully saturated rings. The van der Waals surface area contributed by atoms with Crippen LogP contribution in [0.4, 0.5) is 0 Å². The van der Waals surface area contributed by atoms with Gasteiger partial charge in [-0.05, 0) is 25.0 Å². The predicted octanol–water partition coefficient (Wildman–Crippen LogP) is 2.99. The summed E-state index contributed by atoms with van der Waals surface area (Å²) in [4.78, 5) is 0.